The van der Waals surface area contributed by atoms with Crippen molar-refractivity contribution in [1.29, 1.82) is 0 Å². The van der Waals surface area contributed by atoms with Crippen LogP contribution in [0.15, 0.2) is 48.5 Å². The molecular formula is C17H19NO3. The Morgan fingerprint density at radius 1 is 1.05 bits per heavy atom. The van der Waals surface area contributed by atoms with Crippen molar-refractivity contribution in [2.45, 2.75) is 20.0 Å². The van der Waals surface area contributed by atoms with E-state index in [2.05, 4.69) is 5.32 Å². The fourth-order valence-electron chi connectivity index (χ4n) is 1.86. The average Bonchev–Trinajstić information content (AvgIpc) is 2.49. The second-order valence-corrected chi connectivity index (χ2v) is 4.88. The molecule has 21 heavy (non-hydrogen) atoms. The molecule has 0 aliphatic carbocycles. The first kappa shape index (κ1) is 14.9. The Hall–Kier alpha value is -2.49. The van der Waals surface area contributed by atoms with Gasteiger partial charge in [0, 0.05) is 11.3 Å². The third-order valence-corrected chi connectivity index (χ3v) is 2.82. The first-order valence-corrected chi connectivity index (χ1v) is 6.80. The highest BCUT2D eigenvalue weighted by atomic mass is 16.5. The maximum Gasteiger partial charge on any atom is 0.255 e. The number of hydrogen-bond donors (Lipinski definition) is 1. The number of carbonyl (C=O) groups excluding carboxylic acids is 1. The van der Waals surface area contributed by atoms with E-state index in [1.165, 1.54) is 0 Å². The van der Waals surface area contributed by atoms with Gasteiger partial charge in [-0.3, -0.25) is 4.79 Å². The minimum atomic E-state index is -0.175. The zero-order valence-electron chi connectivity index (χ0n) is 12.4. The largest absolute Gasteiger partial charge is 0.497 e. The predicted octanol–water partition coefficient (Wildman–Crippen LogP) is 3.73. The highest BCUT2D eigenvalue weighted by Gasteiger charge is 2.07. The Bertz CT molecular complexity index is 606. The Balaban J connectivity index is 2.05. The number of methoxy groups -OCH3 is 1. The smallest absolute Gasteiger partial charge is 0.255 e. The van der Waals surface area contributed by atoms with Gasteiger partial charge in [0.1, 0.15) is 11.5 Å². The fourth-order valence-corrected chi connectivity index (χ4v) is 1.86. The van der Waals surface area contributed by atoms with Gasteiger partial charge in [0.25, 0.3) is 5.91 Å². The number of benzene rings is 2. The van der Waals surface area contributed by atoms with E-state index >= 15 is 0 Å². The summed E-state index contributed by atoms with van der Waals surface area (Å²) in [6.45, 7) is 3.94. The molecule has 0 saturated carbocycles. The van der Waals surface area contributed by atoms with Gasteiger partial charge in [-0.25, -0.2) is 0 Å². The van der Waals surface area contributed by atoms with Crippen LogP contribution in [0.1, 0.15) is 24.2 Å². The monoisotopic (exact) mass is 285 g/mol. The van der Waals surface area contributed by atoms with Crippen LogP contribution in [0.25, 0.3) is 0 Å². The molecule has 0 aromatic heterocycles. The summed E-state index contributed by atoms with van der Waals surface area (Å²) < 4.78 is 10.7. The molecule has 0 bridgehead atoms. The van der Waals surface area contributed by atoms with Crippen LogP contribution < -0.4 is 14.8 Å². The number of carbonyl (C=O) groups is 1. The molecule has 0 radical (unpaired) electrons. The van der Waals surface area contributed by atoms with E-state index in [4.69, 9.17) is 9.47 Å². The molecule has 2 aromatic carbocycles. The summed E-state index contributed by atoms with van der Waals surface area (Å²) in [6.07, 6.45) is 0.127. The van der Waals surface area contributed by atoms with Crippen LogP contribution in [0.5, 0.6) is 11.5 Å². The number of hydrogen-bond acceptors (Lipinski definition) is 3. The number of nitrogens with one attached hydrogen (secondary N) is 1. The van der Waals surface area contributed by atoms with Crippen LogP contribution >= 0.6 is 0 Å². The fraction of sp³-hybridized carbons (Fsp3) is 0.235. The van der Waals surface area contributed by atoms with E-state index in [0.717, 1.165) is 11.4 Å². The molecule has 0 unspecified atom stereocenters. The average molecular weight is 285 g/mol. The number of ether oxygens (including phenoxy) is 2. The van der Waals surface area contributed by atoms with Gasteiger partial charge >= 0.3 is 0 Å². The van der Waals surface area contributed by atoms with Crippen molar-refractivity contribution in [3.8, 4) is 11.5 Å². The van der Waals surface area contributed by atoms with E-state index in [0.29, 0.717) is 11.3 Å². The van der Waals surface area contributed by atoms with Crippen molar-refractivity contribution in [3.05, 3.63) is 54.1 Å². The van der Waals surface area contributed by atoms with Gasteiger partial charge in [0.2, 0.25) is 0 Å². The number of anilines is 1. The maximum atomic E-state index is 12.1. The molecule has 0 aliphatic rings. The van der Waals surface area contributed by atoms with Crippen LogP contribution in [0.2, 0.25) is 0 Å². The molecule has 0 fully saturated rings. The van der Waals surface area contributed by atoms with Crippen LogP contribution in [-0.4, -0.2) is 19.1 Å². The molecule has 1 amide bonds. The van der Waals surface area contributed by atoms with E-state index in [1.807, 2.05) is 38.1 Å². The second-order valence-electron chi connectivity index (χ2n) is 4.88. The summed E-state index contributed by atoms with van der Waals surface area (Å²) >= 11 is 0. The van der Waals surface area contributed by atoms with Gasteiger partial charge in [0.05, 0.1) is 13.2 Å². The lowest BCUT2D eigenvalue weighted by Crippen LogP contribution is -2.12. The van der Waals surface area contributed by atoms with Crippen LogP contribution in [0.4, 0.5) is 5.69 Å². The Kier molecular flexibility index (Phi) is 4.82. The normalized spacial score (nSPS) is 10.3. The zero-order chi connectivity index (χ0) is 15.2. The lowest BCUT2D eigenvalue weighted by Gasteiger charge is -2.11. The van der Waals surface area contributed by atoms with Crippen LogP contribution in [0.3, 0.4) is 0 Å². The molecule has 0 saturated heterocycles. The molecule has 4 heteroatoms. The number of amides is 1. The summed E-state index contributed by atoms with van der Waals surface area (Å²) in [6, 6.07) is 14.3. The van der Waals surface area contributed by atoms with Crippen molar-refractivity contribution < 1.29 is 14.3 Å². The van der Waals surface area contributed by atoms with Crippen molar-refractivity contribution in [3.63, 3.8) is 0 Å². The predicted molar refractivity (Wildman–Crippen MR) is 83.2 cm³/mol. The quantitative estimate of drug-likeness (QED) is 0.910. The molecule has 0 aliphatic heterocycles. The minimum absolute atomic E-state index is 0.127. The first-order chi connectivity index (χ1) is 10.1. The summed E-state index contributed by atoms with van der Waals surface area (Å²) in [5.41, 5.74) is 1.27. The van der Waals surface area contributed by atoms with Gasteiger partial charge in [-0.2, -0.15) is 0 Å². The summed E-state index contributed by atoms with van der Waals surface area (Å²) in [4.78, 5) is 12.1. The van der Waals surface area contributed by atoms with E-state index < -0.39 is 0 Å². The van der Waals surface area contributed by atoms with Crippen LogP contribution in [0, 0.1) is 0 Å². The van der Waals surface area contributed by atoms with Gasteiger partial charge in [-0.1, -0.05) is 6.07 Å². The molecular weight excluding hydrogens is 266 g/mol. The van der Waals surface area contributed by atoms with Crippen LogP contribution in [-0.2, 0) is 0 Å². The molecule has 1 N–H and O–H groups in total. The lowest BCUT2D eigenvalue weighted by molar-refractivity contribution is 0.102. The van der Waals surface area contributed by atoms with Gasteiger partial charge in [-0.15, -0.1) is 0 Å². The van der Waals surface area contributed by atoms with Gasteiger partial charge < -0.3 is 14.8 Å². The highest BCUT2D eigenvalue weighted by Crippen LogP contribution is 2.18. The van der Waals surface area contributed by atoms with E-state index in [-0.39, 0.29) is 12.0 Å². The zero-order valence-corrected chi connectivity index (χ0v) is 12.4. The molecule has 0 heterocycles. The Morgan fingerprint density at radius 3 is 2.38 bits per heavy atom. The Labute approximate surface area is 124 Å². The molecule has 0 atom stereocenters. The SMILES string of the molecule is COc1cccc(C(=O)Nc2ccc(OC(C)C)cc2)c1. The lowest BCUT2D eigenvalue weighted by atomic mass is 10.2. The van der Waals surface area contributed by atoms with E-state index in [1.54, 1.807) is 31.4 Å². The van der Waals surface area contributed by atoms with Crippen molar-refractivity contribution >= 4 is 11.6 Å². The van der Waals surface area contributed by atoms with Gasteiger partial charge in [0.15, 0.2) is 0 Å². The highest BCUT2D eigenvalue weighted by molar-refractivity contribution is 6.04. The van der Waals surface area contributed by atoms with E-state index in [9.17, 15) is 4.79 Å². The van der Waals surface area contributed by atoms with Gasteiger partial charge in [-0.05, 0) is 56.3 Å². The molecule has 2 rings (SSSR count). The Morgan fingerprint density at radius 2 is 1.76 bits per heavy atom. The topological polar surface area (TPSA) is 47.6 Å². The third kappa shape index (κ3) is 4.24. The molecule has 4 nitrogen and oxygen atoms in total. The second kappa shape index (κ2) is 6.79. The van der Waals surface area contributed by atoms with Crippen molar-refractivity contribution in [2.24, 2.45) is 0 Å². The summed E-state index contributed by atoms with van der Waals surface area (Å²) in [5, 5.41) is 2.84. The molecule has 0 spiro atoms. The van der Waals surface area contributed by atoms with Crippen molar-refractivity contribution in [2.75, 3.05) is 12.4 Å². The summed E-state index contributed by atoms with van der Waals surface area (Å²) in [5.74, 6) is 1.26. The third-order valence-electron chi connectivity index (χ3n) is 2.82. The molecule has 110 valence electrons. The minimum Gasteiger partial charge on any atom is -0.497 e. The molecule has 2 aromatic rings. The standard InChI is InChI=1S/C17H19NO3/c1-12(2)21-15-9-7-14(8-10-15)18-17(19)13-5-4-6-16(11-13)20-3/h4-12H,1-3H3,(H,18,19). The van der Waals surface area contributed by atoms with Crippen molar-refractivity contribution in [1.82, 2.24) is 0 Å². The maximum absolute atomic E-state index is 12.1. The summed E-state index contributed by atoms with van der Waals surface area (Å²) in [7, 11) is 1.57. The first-order valence-electron chi connectivity index (χ1n) is 6.80. The number of rotatable bonds is 5.